The van der Waals surface area contributed by atoms with E-state index in [0.29, 0.717) is 11.3 Å². The second kappa shape index (κ2) is 5.85. The van der Waals surface area contributed by atoms with Gasteiger partial charge in [0.1, 0.15) is 0 Å². The lowest BCUT2D eigenvalue weighted by Crippen LogP contribution is -2.35. The number of hydrogen-bond acceptors (Lipinski definition) is 4. The van der Waals surface area contributed by atoms with Gasteiger partial charge in [0.15, 0.2) is 9.84 Å². The number of amides is 1. The number of aryl methyl sites for hydroxylation is 1. The van der Waals surface area contributed by atoms with E-state index in [9.17, 15) is 13.2 Å². The SMILES string of the molecule is Cc1cc(C(=O)N[C@@H]2CCS(=O)(=O)C2)sc1-c1ccccc1. The van der Waals surface area contributed by atoms with E-state index in [1.807, 2.05) is 43.3 Å². The van der Waals surface area contributed by atoms with Crippen LogP contribution < -0.4 is 5.32 Å². The Morgan fingerprint density at radius 2 is 2.00 bits per heavy atom. The van der Waals surface area contributed by atoms with Crippen molar-refractivity contribution >= 4 is 27.1 Å². The van der Waals surface area contributed by atoms with Crippen molar-refractivity contribution < 1.29 is 13.2 Å². The first kappa shape index (κ1) is 15.2. The minimum absolute atomic E-state index is 0.0502. The van der Waals surface area contributed by atoms with E-state index in [1.54, 1.807) is 0 Å². The summed E-state index contributed by atoms with van der Waals surface area (Å²) in [7, 11) is -2.98. The molecule has 1 aromatic heterocycles. The van der Waals surface area contributed by atoms with Gasteiger partial charge in [-0.25, -0.2) is 8.42 Å². The van der Waals surface area contributed by atoms with Crippen LogP contribution in [0.1, 0.15) is 21.7 Å². The number of benzene rings is 1. The maximum Gasteiger partial charge on any atom is 0.261 e. The highest BCUT2D eigenvalue weighted by Gasteiger charge is 2.29. The molecule has 1 aliphatic heterocycles. The van der Waals surface area contributed by atoms with Crippen LogP contribution in [-0.2, 0) is 9.84 Å². The van der Waals surface area contributed by atoms with Gasteiger partial charge in [0.2, 0.25) is 0 Å². The van der Waals surface area contributed by atoms with Crippen LogP contribution in [0.3, 0.4) is 0 Å². The van der Waals surface area contributed by atoms with Crippen LogP contribution in [0.25, 0.3) is 10.4 Å². The number of carbonyl (C=O) groups is 1. The minimum atomic E-state index is -2.98. The number of nitrogens with one attached hydrogen (secondary N) is 1. The van der Waals surface area contributed by atoms with Crippen LogP contribution in [0.4, 0.5) is 0 Å². The van der Waals surface area contributed by atoms with Gasteiger partial charge in [-0.3, -0.25) is 4.79 Å². The molecule has 2 heterocycles. The molecule has 1 amide bonds. The Bertz CT molecular complexity index is 794. The maximum atomic E-state index is 12.3. The van der Waals surface area contributed by atoms with Crippen LogP contribution >= 0.6 is 11.3 Å². The van der Waals surface area contributed by atoms with E-state index in [2.05, 4.69) is 5.32 Å². The molecule has 22 heavy (non-hydrogen) atoms. The van der Waals surface area contributed by atoms with Crippen LogP contribution in [0.15, 0.2) is 36.4 Å². The van der Waals surface area contributed by atoms with Crippen LogP contribution in [0.2, 0.25) is 0 Å². The maximum absolute atomic E-state index is 12.3. The third-order valence-corrected chi connectivity index (χ3v) is 6.80. The largest absolute Gasteiger partial charge is 0.348 e. The van der Waals surface area contributed by atoms with E-state index < -0.39 is 9.84 Å². The summed E-state index contributed by atoms with van der Waals surface area (Å²) < 4.78 is 22.9. The Hall–Kier alpha value is -1.66. The Kier molecular flexibility index (Phi) is 4.06. The summed E-state index contributed by atoms with van der Waals surface area (Å²) in [5.41, 5.74) is 2.15. The molecule has 116 valence electrons. The quantitative estimate of drug-likeness (QED) is 0.938. The molecular formula is C16H17NO3S2. The van der Waals surface area contributed by atoms with Gasteiger partial charge < -0.3 is 5.32 Å². The van der Waals surface area contributed by atoms with Crippen molar-refractivity contribution in [1.82, 2.24) is 5.32 Å². The van der Waals surface area contributed by atoms with E-state index >= 15 is 0 Å². The van der Waals surface area contributed by atoms with E-state index in [1.165, 1.54) is 11.3 Å². The fourth-order valence-electron chi connectivity index (χ4n) is 2.64. The molecule has 1 fully saturated rings. The molecule has 1 aromatic carbocycles. The van der Waals surface area contributed by atoms with Gasteiger partial charge in [-0.2, -0.15) is 0 Å². The number of carbonyl (C=O) groups excluding carboxylic acids is 1. The molecule has 6 heteroatoms. The second-order valence-corrected chi connectivity index (χ2v) is 8.84. The van der Waals surface area contributed by atoms with Gasteiger partial charge >= 0.3 is 0 Å². The first-order valence-corrected chi connectivity index (χ1v) is 9.75. The van der Waals surface area contributed by atoms with Gasteiger partial charge in [0.25, 0.3) is 5.91 Å². The Labute approximate surface area is 134 Å². The molecule has 0 radical (unpaired) electrons. The third kappa shape index (κ3) is 3.23. The first-order valence-electron chi connectivity index (χ1n) is 7.12. The minimum Gasteiger partial charge on any atom is -0.348 e. The van der Waals surface area contributed by atoms with Gasteiger partial charge in [-0.1, -0.05) is 30.3 Å². The molecule has 0 aliphatic carbocycles. The Balaban J connectivity index is 1.77. The van der Waals surface area contributed by atoms with Crippen LogP contribution in [0, 0.1) is 6.92 Å². The van der Waals surface area contributed by atoms with E-state index in [4.69, 9.17) is 0 Å². The number of rotatable bonds is 3. The third-order valence-electron chi connectivity index (χ3n) is 3.75. The van der Waals surface area contributed by atoms with Crippen LogP contribution in [-0.4, -0.2) is 31.9 Å². The van der Waals surface area contributed by atoms with Crippen molar-refractivity contribution in [3.8, 4) is 10.4 Å². The summed E-state index contributed by atoms with van der Waals surface area (Å²) in [6.45, 7) is 1.98. The summed E-state index contributed by atoms with van der Waals surface area (Å²) in [6.07, 6.45) is 0.504. The van der Waals surface area contributed by atoms with Crippen molar-refractivity contribution in [1.29, 1.82) is 0 Å². The van der Waals surface area contributed by atoms with Gasteiger partial charge in [-0.15, -0.1) is 11.3 Å². The first-order chi connectivity index (χ1) is 10.4. The van der Waals surface area contributed by atoms with Gasteiger partial charge in [0.05, 0.1) is 16.4 Å². The summed E-state index contributed by atoms with van der Waals surface area (Å²) in [6, 6.07) is 11.5. The fraction of sp³-hybridized carbons (Fsp3) is 0.312. The molecule has 1 saturated heterocycles. The van der Waals surface area contributed by atoms with E-state index in [-0.39, 0.29) is 23.5 Å². The molecule has 4 nitrogen and oxygen atoms in total. The molecule has 0 saturated carbocycles. The summed E-state index contributed by atoms with van der Waals surface area (Å²) in [5, 5.41) is 2.84. The molecular weight excluding hydrogens is 318 g/mol. The Morgan fingerprint density at radius 3 is 2.64 bits per heavy atom. The summed E-state index contributed by atoms with van der Waals surface area (Å²) >= 11 is 1.44. The fourth-order valence-corrected chi connectivity index (χ4v) is 5.39. The molecule has 3 rings (SSSR count). The van der Waals surface area contributed by atoms with Gasteiger partial charge in [0, 0.05) is 10.9 Å². The second-order valence-electron chi connectivity index (χ2n) is 5.56. The zero-order valence-corrected chi connectivity index (χ0v) is 13.8. The predicted octanol–water partition coefficient (Wildman–Crippen LogP) is 2.64. The molecule has 1 aliphatic rings. The molecule has 0 spiro atoms. The molecule has 1 N–H and O–H groups in total. The lowest BCUT2D eigenvalue weighted by molar-refractivity contribution is 0.0945. The average Bonchev–Trinajstić information content (AvgIpc) is 3.02. The highest BCUT2D eigenvalue weighted by atomic mass is 32.2. The topological polar surface area (TPSA) is 63.2 Å². The highest BCUT2D eigenvalue weighted by Crippen LogP contribution is 2.32. The van der Waals surface area contributed by atoms with Crippen molar-refractivity contribution in [2.24, 2.45) is 0 Å². The van der Waals surface area contributed by atoms with Crippen molar-refractivity contribution in [3.05, 3.63) is 46.8 Å². The van der Waals surface area contributed by atoms with E-state index in [0.717, 1.165) is 16.0 Å². The van der Waals surface area contributed by atoms with Crippen LogP contribution in [0.5, 0.6) is 0 Å². The van der Waals surface area contributed by atoms with Crippen molar-refractivity contribution in [3.63, 3.8) is 0 Å². The number of sulfone groups is 1. The molecule has 2 aromatic rings. The lowest BCUT2D eigenvalue weighted by atomic mass is 10.1. The normalized spacial score (nSPS) is 20.0. The smallest absolute Gasteiger partial charge is 0.261 e. The molecule has 0 unspecified atom stereocenters. The lowest BCUT2D eigenvalue weighted by Gasteiger charge is -2.09. The molecule has 1 atom stereocenters. The zero-order valence-electron chi connectivity index (χ0n) is 12.2. The van der Waals surface area contributed by atoms with Gasteiger partial charge in [-0.05, 0) is 30.5 Å². The highest BCUT2D eigenvalue weighted by molar-refractivity contribution is 7.91. The Morgan fingerprint density at radius 1 is 1.27 bits per heavy atom. The number of hydrogen-bond donors (Lipinski definition) is 1. The number of thiophene rings is 1. The average molecular weight is 335 g/mol. The summed E-state index contributed by atoms with van der Waals surface area (Å²) in [4.78, 5) is 14.0. The van der Waals surface area contributed by atoms with Crippen molar-refractivity contribution in [2.75, 3.05) is 11.5 Å². The molecule has 0 bridgehead atoms. The predicted molar refractivity (Wildman–Crippen MR) is 89.0 cm³/mol. The monoisotopic (exact) mass is 335 g/mol. The van der Waals surface area contributed by atoms with Crippen molar-refractivity contribution in [2.45, 2.75) is 19.4 Å². The summed E-state index contributed by atoms with van der Waals surface area (Å²) in [5.74, 6) is 0.0306. The zero-order chi connectivity index (χ0) is 15.7. The standard InChI is InChI=1S/C16H17NO3S2/c1-11-9-14(21-15(11)12-5-3-2-4-6-12)16(18)17-13-7-8-22(19,20)10-13/h2-6,9,13H,7-8,10H2,1H3,(H,17,18)/t13-/m1/s1.